The third kappa shape index (κ3) is 3.65. The average molecular weight is 442 g/mol. The highest BCUT2D eigenvalue weighted by Gasteiger charge is 2.41. The molecule has 1 aliphatic carbocycles. The van der Waals surface area contributed by atoms with E-state index in [-0.39, 0.29) is 29.0 Å². The third-order valence-corrected chi connectivity index (χ3v) is 7.01. The number of rotatable bonds is 2. The van der Waals surface area contributed by atoms with Gasteiger partial charge in [0.25, 0.3) is 5.91 Å². The van der Waals surface area contributed by atoms with E-state index in [1.165, 1.54) is 12.5 Å². The standard InChI is InChI=1S/C24H25F3N4O/c1-15-11-12-30(20-10-6-5-9-17(15)20)23(32)19-14-22-28-18(16-7-3-2-4-8-16)13-21(24(25,26)27)31(22)29-19/h2-4,7-8,13-15,17,20H,5-6,9-12H2,1H3/t15-,17+,20+/m1/s1. The molecule has 168 valence electrons. The Morgan fingerprint density at radius 3 is 2.56 bits per heavy atom. The summed E-state index contributed by atoms with van der Waals surface area (Å²) in [5.74, 6) is 0.707. The number of piperidine rings is 1. The van der Waals surface area contributed by atoms with E-state index < -0.39 is 11.9 Å². The fraction of sp³-hybridized carbons (Fsp3) is 0.458. The molecule has 3 heterocycles. The molecule has 5 nitrogen and oxygen atoms in total. The van der Waals surface area contributed by atoms with Crippen molar-refractivity contribution in [2.24, 2.45) is 11.8 Å². The van der Waals surface area contributed by atoms with Crippen molar-refractivity contribution in [3.8, 4) is 11.3 Å². The van der Waals surface area contributed by atoms with E-state index in [1.807, 2.05) is 4.90 Å². The van der Waals surface area contributed by atoms with Crippen molar-refractivity contribution in [1.29, 1.82) is 0 Å². The lowest BCUT2D eigenvalue weighted by Gasteiger charge is -2.47. The Bertz CT molecular complexity index is 1140. The van der Waals surface area contributed by atoms with Gasteiger partial charge in [0, 0.05) is 24.2 Å². The van der Waals surface area contributed by atoms with Gasteiger partial charge in [0.15, 0.2) is 17.0 Å². The maximum absolute atomic E-state index is 13.9. The minimum atomic E-state index is -4.63. The molecular formula is C24H25F3N4O. The van der Waals surface area contributed by atoms with E-state index in [9.17, 15) is 18.0 Å². The molecule has 1 aliphatic heterocycles. The Morgan fingerprint density at radius 2 is 1.81 bits per heavy atom. The van der Waals surface area contributed by atoms with Gasteiger partial charge in [-0.05, 0) is 37.2 Å². The largest absolute Gasteiger partial charge is 0.433 e. The molecule has 0 N–H and O–H groups in total. The van der Waals surface area contributed by atoms with E-state index >= 15 is 0 Å². The van der Waals surface area contributed by atoms with E-state index in [1.54, 1.807) is 30.3 Å². The van der Waals surface area contributed by atoms with E-state index in [4.69, 9.17) is 0 Å². The highest BCUT2D eigenvalue weighted by molar-refractivity contribution is 5.93. The lowest BCUT2D eigenvalue weighted by Crippen LogP contribution is -2.52. The van der Waals surface area contributed by atoms with Gasteiger partial charge in [-0.1, -0.05) is 50.1 Å². The highest BCUT2D eigenvalue weighted by atomic mass is 19.4. The molecule has 2 aromatic heterocycles. The molecule has 1 saturated carbocycles. The normalized spacial score (nSPS) is 23.9. The first-order chi connectivity index (χ1) is 15.3. The number of carbonyl (C=O) groups is 1. The number of benzene rings is 1. The molecule has 0 radical (unpaired) electrons. The number of hydrogen-bond acceptors (Lipinski definition) is 3. The number of alkyl halides is 3. The predicted octanol–water partition coefficient (Wildman–Crippen LogP) is 5.46. The summed E-state index contributed by atoms with van der Waals surface area (Å²) >= 11 is 0. The fourth-order valence-corrected chi connectivity index (χ4v) is 5.35. The van der Waals surface area contributed by atoms with E-state index in [2.05, 4.69) is 17.0 Å². The van der Waals surface area contributed by atoms with Crippen LogP contribution in [0, 0.1) is 11.8 Å². The van der Waals surface area contributed by atoms with Gasteiger partial charge in [-0.3, -0.25) is 4.79 Å². The second-order valence-electron chi connectivity index (χ2n) is 8.97. The van der Waals surface area contributed by atoms with Crippen molar-refractivity contribution >= 4 is 11.6 Å². The van der Waals surface area contributed by atoms with Crippen molar-refractivity contribution in [2.45, 2.75) is 51.2 Å². The molecule has 0 bridgehead atoms. The quantitative estimate of drug-likeness (QED) is 0.530. The van der Waals surface area contributed by atoms with Gasteiger partial charge in [-0.2, -0.15) is 18.3 Å². The topological polar surface area (TPSA) is 50.5 Å². The van der Waals surface area contributed by atoms with Crippen molar-refractivity contribution in [3.63, 3.8) is 0 Å². The first-order valence-corrected chi connectivity index (χ1v) is 11.2. The number of nitrogens with zero attached hydrogens (tertiary/aromatic N) is 4. The van der Waals surface area contributed by atoms with Crippen molar-refractivity contribution in [1.82, 2.24) is 19.5 Å². The van der Waals surface area contributed by atoms with Gasteiger partial charge in [0.1, 0.15) is 0 Å². The summed E-state index contributed by atoms with van der Waals surface area (Å²) in [6, 6.07) is 11.2. The number of halogens is 3. The Morgan fingerprint density at radius 1 is 1.06 bits per heavy atom. The summed E-state index contributed by atoms with van der Waals surface area (Å²) in [6.07, 6.45) is 0.557. The zero-order valence-corrected chi connectivity index (χ0v) is 17.8. The minimum absolute atomic E-state index is 0.0205. The second kappa shape index (κ2) is 7.90. The maximum atomic E-state index is 13.9. The average Bonchev–Trinajstić information content (AvgIpc) is 3.22. The Balaban J connectivity index is 1.56. The van der Waals surface area contributed by atoms with Crippen LogP contribution in [0.5, 0.6) is 0 Å². The van der Waals surface area contributed by atoms with Crippen LogP contribution in [-0.4, -0.2) is 38.0 Å². The van der Waals surface area contributed by atoms with Crippen LogP contribution < -0.4 is 0 Å². The van der Waals surface area contributed by atoms with Crippen molar-refractivity contribution < 1.29 is 18.0 Å². The fourth-order valence-electron chi connectivity index (χ4n) is 5.35. The summed E-state index contributed by atoms with van der Waals surface area (Å²) in [6.45, 7) is 2.85. The summed E-state index contributed by atoms with van der Waals surface area (Å²) in [4.78, 5) is 19.6. The predicted molar refractivity (Wildman–Crippen MR) is 114 cm³/mol. The molecule has 1 amide bonds. The lowest BCUT2D eigenvalue weighted by atomic mass is 9.72. The number of aromatic nitrogens is 3. The molecule has 0 unspecified atom stereocenters. The Kier molecular flexibility index (Phi) is 5.18. The molecule has 3 atom stereocenters. The van der Waals surface area contributed by atoms with Gasteiger partial charge >= 0.3 is 6.18 Å². The molecule has 3 aromatic rings. The molecule has 1 aromatic carbocycles. The van der Waals surface area contributed by atoms with Gasteiger partial charge in [-0.15, -0.1) is 0 Å². The van der Waals surface area contributed by atoms with Crippen LogP contribution in [0.15, 0.2) is 42.5 Å². The van der Waals surface area contributed by atoms with Gasteiger partial charge in [0.2, 0.25) is 0 Å². The second-order valence-corrected chi connectivity index (χ2v) is 8.97. The number of likely N-dealkylation sites (tertiary alicyclic amines) is 1. The van der Waals surface area contributed by atoms with Crippen LogP contribution in [-0.2, 0) is 6.18 Å². The molecule has 8 heteroatoms. The molecule has 5 rings (SSSR count). The smallest absolute Gasteiger partial charge is 0.334 e. The number of fused-ring (bicyclic) bond motifs is 2. The van der Waals surface area contributed by atoms with Crippen LogP contribution in [0.2, 0.25) is 0 Å². The minimum Gasteiger partial charge on any atom is -0.334 e. The van der Waals surface area contributed by atoms with Crippen molar-refractivity contribution in [3.05, 3.63) is 53.9 Å². The first-order valence-electron chi connectivity index (χ1n) is 11.2. The molecule has 0 spiro atoms. The molecule has 32 heavy (non-hydrogen) atoms. The summed E-state index contributed by atoms with van der Waals surface area (Å²) in [7, 11) is 0. The summed E-state index contributed by atoms with van der Waals surface area (Å²) in [5, 5.41) is 4.09. The molecule has 1 saturated heterocycles. The zero-order chi connectivity index (χ0) is 22.5. The Labute approximate surface area is 184 Å². The number of amides is 1. The van der Waals surface area contributed by atoms with E-state index in [0.29, 0.717) is 23.9 Å². The SMILES string of the molecule is C[C@@H]1CCN(C(=O)c2cc3nc(-c4ccccc4)cc(C(F)(F)F)n3n2)[C@H]2CCCC[C@@H]12. The summed E-state index contributed by atoms with van der Waals surface area (Å²) < 4.78 is 42.3. The molecular weight excluding hydrogens is 417 g/mol. The van der Waals surface area contributed by atoms with Crippen LogP contribution in [0.1, 0.15) is 55.2 Å². The highest BCUT2D eigenvalue weighted by Crippen LogP contribution is 2.39. The van der Waals surface area contributed by atoms with Gasteiger partial charge in [-0.25, -0.2) is 9.50 Å². The summed E-state index contributed by atoms with van der Waals surface area (Å²) in [5.41, 5.74) is -0.129. The third-order valence-electron chi connectivity index (χ3n) is 7.01. The first kappa shape index (κ1) is 21.0. The monoisotopic (exact) mass is 442 g/mol. The van der Waals surface area contributed by atoms with Crippen LogP contribution in [0.4, 0.5) is 13.2 Å². The molecule has 2 aliphatic rings. The van der Waals surface area contributed by atoms with Crippen molar-refractivity contribution in [2.75, 3.05) is 6.54 Å². The lowest BCUT2D eigenvalue weighted by molar-refractivity contribution is -0.142. The van der Waals surface area contributed by atoms with Crippen LogP contribution in [0.3, 0.4) is 0 Å². The van der Waals surface area contributed by atoms with Crippen LogP contribution >= 0.6 is 0 Å². The molecule has 2 fully saturated rings. The Hall–Kier alpha value is -2.90. The van der Waals surface area contributed by atoms with Gasteiger partial charge in [0.05, 0.1) is 5.69 Å². The maximum Gasteiger partial charge on any atom is 0.433 e. The van der Waals surface area contributed by atoms with Gasteiger partial charge < -0.3 is 4.90 Å². The van der Waals surface area contributed by atoms with Crippen LogP contribution in [0.25, 0.3) is 16.9 Å². The number of hydrogen-bond donors (Lipinski definition) is 0. The van der Waals surface area contributed by atoms with E-state index in [0.717, 1.165) is 36.3 Å². The zero-order valence-electron chi connectivity index (χ0n) is 17.8. The number of carbonyl (C=O) groups excluding carboxylic acids is 1.